The van der Waals surface area contributed by atoms with Crippen LogP contribution in [0.3, 0.4) is 0 Å². The lowest BCUT2D eigenvalue weighted by Gasteiger charge is -2.23. The summed E-state index contributed by atoms with van der Waals surface area (Å²) in [5.74, 6) is 0. The summed E-state index contributed by atoms with van der Waals surface area (Å²) in [4.78, 5) is 0. The molecule has 0 unspecified atom stereocenters. The zero-order chi connectivity index (χ0) is 14.4. The summed E-state index contributed by atoms with van der Waals surface area (Å²) in [5, 5.41) is 3.03. The van der Waals surface area contributed by atoms with E-state index >= 15 is 0 Å². The van der Waals surface area contributed by atoms with E-state index < -0.39 is 6.11 Å². The monoisotopic (exact) mass is 265 g/mol. The summed E-state index contributed by atoms with van der Waals surface area (Å²) in [6.45, 7) is 12.5. The van der Waals surface area contributed by atoms with E-state index in [0.29, 0.717) is 6.42 Å². The predicted molar refractivity (Wildman–Crippen MR) is 72.0 cm³/mol. The first-order valence-electron chi connectivity index (χ1n) is 6.68. The molecule has 0 aromatic heterocycles. The Balaban J connectivity index is 3.74. The number of ether oxygens (including phenoxy) is 1. The average Bonchev–Trinajstić information content (AvgIpc) is 2.08. The van der Waals surface area contributed by atoms with E-state index in [1.54, 1.807) is 0 Å². The summed E-state index contributed by atoms with van der Waals surface area (Å²) in [6, 6.07) is 0. The Morgan fingerprint density at radius 3 is 1.94 bits per heavy atom. The number of halogens is 2. The summed E-state index contributed by atoms with van der Waals surface area (Å²) in [5.41, 5.74) is 0.0365. The van der Waals surface area contributed by atoms with Gasteiger partial charge in [0.2, 0.25) is 0 Å². The van der Waals surface area contributed by atoms with Crippen LogP contribution in [0.25, 0.3) is 0 Å². The van der Waals surface area contributed by atoms with E-state index in [2.05, 4.69) is 30.8 Å². The summed E-state index contributed by atoms with van der Waals surface area (Å²) in [6.07, 6.45) is -1.73. The molecule has 0 aliphatic carbocycles. The first-order valence-corrected chi connectivity index (χ1v) is 6.68. The van der Waals surface area contributed by atoms with Crippen molar-refractivity contribution in [3.63, 3.8) is 0 Å². The van der Waals surface area contributed by atoms with Crippen molar-refractivity contribution in [1.29, 1.82) is 0 Å². The summed E-state index contributed by atoms with van der Waals surface area (Å²) < 4.78 is 31.4. The largest absolute Gasteiger partial charge is 0.356 e. The highest BCUT2D eigenvalue weighted by molar-refractivity contribution is 4.71. The van der Waals surface area contributed by atoms with Gasteiger partial charge in [-0.1, -0.05) is 20.8 Å². The van der Waals surface area contributed by atoms with Crippen LogP contribution in [0.2, 0.25) is 0 Å². The zero-order valence-corrected chi connectivity index (χ0v) is 12.7. The Kier molecular flexibility index (Phi) is 6.72. The van der Waals surface area contributed by atoms with Crippen LogP contribution >= 0.6 is 0 Å². The smallest absolute Gasteiger partial charge is 0.320 e. The lowest BCUT2D eigenvalue weighted by Crippen LogP contribution is -2.39. The fourth-order valence-electron chi connectivity index (χ4n) is 1.48. The van der Waals surface area contributed by atoms with Gasteiger partial charge in [0, 0.05) is 12.1 Å². The molecule has 2 nitrogen and oxygen atoms in total. The molecule has 0 aliphatic heterocycles. The van der Waals surface area contributed by atoms with Crippen molar-refractivity contribution in [2.24, 2.45) is 5.41 Å². The van der Waals surface area contributed by atoms with Crippen molar-refractivity contribution in [2.75, 3.05) is 13.2 Å². The number of hydrogen-bond acceptors (Lipinski definition) is 2. The number of nitrogens with one attached hydrogen (secondary N) is 1. The number of alkyl halides is 2. The molecule has 0 aromatic carbocycles. The minimum atomic E-state index is -3.02. The molecule has 0 rings (SSSR count). The molecule has 1 N–H and O–H groups in total. The van der Waals surface area contributed by atoms with Crippen molar-refractivity contribution in [3.8, 4) is 0 Å². The van der Waals surface area contributed by atoms with Crippen LogP contribution in [0.15, 0.2) is 0 Å². The fourth-order valence-corrected chi connectivity index (χ4v) is 1.48. The predicted octanol–water partition coefficient (Wildman–Crippen LogP) is 4.20. The molecule has 0 bridgehead atoms. The van der Waals surface area contributed by atoms with Gasteiger partial charge in [-0.3, -0.25) is 0 Å². The van der Waals surface area contributed by atoms with Crippen molar-refractivity contribution < 1.29 is 13.5 Å². The third kappa shape index (κ3) is 12.2. The molecule has 0 radical (unpaired) electrons. The lowest BCUT2D eigenvalue weighted by atomic mass is 9.91. The lowest BCUT2D eigenvalue weighted by molar-refractivity contribution is -0.242. The Hall–Kier alpha value is -0.220. The van der Waals surface area contributed by atoms with Gasteiger partial charge in [0.05, 0.1) is 13.0 Å². The van der Waals surface area contributed by atoms with Gasteiger partial charge in [-0.05, 0) is 39.0 Å². The molecule has 0 heterocycles. The third-order valence-electron chi connectivity index (χ3n) is 2.46. The van der Waals surface area contributed by atoms with E-state index in [1.165, 1.54) is 0 Å². The van der Waals surface area contributed by atoms with Gasteiger partial charge in [0.15, 0.2) is 0 Å². The number of hydrogen-bond donors (Lipinski definition) is 1. The minimum Gasteiger partial charge on any atom is -0.320 e. The second-order valence-electron chi connectivity index (χ2n) is 7.08. The fraction of sp³-hybridized carbons (Fsp3) is 1.00. The molecule has 0 fully saturated rings. The van der Waals surface area contributed by atoms with Crippen LogP contribution in [-0.4, -0.2) is 24.8 Å². The molecular weight excluding hydrogens is 236 g/mol. The maximum absolute atomic E-state index is 13.4. The maximum atomic E-state index is 13.4. The minimum absolute atomic E-state index is 0.125. The van der Waals surface area contributed by atoms with Gasteiger partial charge in [-0.15, -0.1) is 0 Å². The molecular formula is C14H29F2NO. The van der Waals surface area contributed by atoms with Gasteiger partial charge in [0.25, 0.3) is 0 Å². The van der Waals surface area contributed by atoms with Gasteiger partial charge in [-0.2, -0.15) is 8.78 Å². The van der Waals surface area contributed by atoms with Crippen molar-refractivity contribution in [3.05, 3.63) is 0 Å². The van der Waals surface area contributed by atoms with Crippen LogP contribution in [0.1, 0.15) is 60.8 Å². The van der Waals surface area contributed by atoms with Gasteiger partial charge < -0.3 is 10.1 Å². The van der Waals surface area contributed by atoms with Gasteiger partial charge >= 0.3 is 6.11 Å². The third-order valence-corrected chi connectivity index (χ3v) is 2.46. The molecule has 0 aromatic rings. The highest BCUT2D eigenvalue weighted by Gasteiger charge is 2.29. The second kappa shape index (κ2) is 6.80. The van der Waals surface area contributed by atoms with Gasteiger partial charge in [0.1, 0.15) is 0 Å². The van der Waals surface area contributed by atoms with Crippen molar-refractivity contribution in [1.82, 2.24) is 5.32 Å². The summed E-state index contributed by atoms with van der Waals surface area (Å²) in [7, 11) is 0. The van der Waals surface area contributed by atoms with Crippen LogP contribution in [0, 0.1) is 5.41 Å². The van der Waals surface area contributed by atoms with E-state index in [-0.39, 0.29) is 30.5 Å². The standard InChI is InChI=1S/C14H29F2NO/c1-12(2,3)8-7-11-18-14(15,16)9-10-17-13(4,5)6/h17H,7-11H2,1-6H3. The molecule has 0 spiro atoms. The van der Waals surface area contributed by atoms with Crippen molar-refractivity contribution >= 4 is 0 Å². The number of rotatable bonds is 7. The van der Waals surface area contributed by atoms with Crippen molar-refractivity contribution in [2.45, 2.75) is 72.5 Å². The highest BCUT2D eigenvalue weighted by atomic mass is 19.3. The van der Waals surface area contributed by atoms with E-state index in [0.717, 1.165) is 6.42 Å². The van der Waals surface area contributed by atoms with Crippen LogP contribution in [0.5, 0.6) is 0 Å². The Labute approximate surface area is 110 Å². The van der Waals surface area contributed by atoms with E-state index in [9.17, 15) is 8.78 Å². The zero-order valence-electron chi connectivity index (χ0n) is 12.7. The van der Waals surface area contributed by atoms with Crippen LogP contribution < -0.4 is 5.32 Å². The average molecular weight is 265 g/mol. The maximum Gasteiger partial charge on any atom is 0.356 e. The second-order valence-corrected chi connectivity index (χ2v) is 7.08. The molecule has 0 atom stereocenters. The molecule has 18 heavy (non-hydrogen) atoms. The summed E-state index contributed by atoms with van der Waals surface area (Å²) >= 11 is 0. The quantitative estimate of drug-likeness (QED) is 0.697. The first-order chi connectivity index (χ1) is 7.91. The van der Waals surface area contributed by atoms with E-state index in [4.69, 9.17) is 0 Å². The normalized spacial score (nSPS) is 14.0. The Morgan fingerprint density at radius 2 is 1.50 bits per heavy atom. The van der Waals surface area contributed by atoms with Crippen LogP contribution in [0.4, 0.5) is 8.78 Å². The topological polar surface area (TPSA) is 21.3 Å². The Bertz CT molecular complexity index is 229. The molecule has 110 valence electrons. The molecule has 0 aliphatic rings. The van der Waals surface area contributed by atoms with E-state index in [1.807, 2.05) is 20.8 Å². The molecule has 0 saturated carbocycles. The SMILES string of the molecule is CC(C)(C)CCCOC(F)(F)CCNC(C)(C)C. The van der Waals surface area contributed by atoms with Crippen LogP contribution in [-0.2, 0) is 4.74 Å². The molecule has 0 saturated heterocycles. The first kappa shape index (κ1) is 17.8. The highest BCUT2D eigenvalue weighted by Crippen LogP contribution is 2.23. The molecule has 0 amide bonds. The molecule has 4 heteroatoms. The Morgan fingerprint density at radius 1 is 0.944 bits per heavy atom. The van der Waals surface area contributed by atoms with Gasteiger partial charge in [-0.25, -0.2) is 0 Å².